The minimum absolute atomic E-state index is 0.0470. The van der Waals surface area contributed by atoms with E-state index < -0.39 is 4.92 Å². The number of hydrogen-bond acceptors (Lipinski definition) is 3. The van der Waals surface area contributed by atoms with Crippen LogP contribution in [0.25, 0.3) is 6.08 Å². The lowest BCUT2D eigenvalue weighted by atomic mass is 10.1. The van der Waals surface area contributed by atoms with Gasteiger partial charge in [-0.1, -0.05) is 34.1 Å². The van der Waals surface area contributed by atoms with Gasteiger partial charge in [0.05, 0.1) is 17.1 Å². The molecular formula is C10H10BrNO3. The van der Waals surface area contributed by atoms with Crippen LogP contribution < -0.4 is 0 Å². The van der Waals surface area contributed by atoms with Gasteiger partial charge in [0.1, 0.15) is 0 Å². The molecule has 0 radical (unpaired) electrons. The average molecular weight is 272 g/mol. The van der Waals surface area contributed by atoms with Gasteiger partial charge in [-0.3, -0.25) is 10.1 Å². The Kier molecular flexibility index (Phi) is 4.45. The van der Waals surface area contributed by atoms with Crippen molar-refractivity contribution < 1.29 is 10.0 Å². The fourth-order valence-electron chi connectivity index (χ4n) is 1.17. The van der Waals surface area contributed by atoms with Crippen molar-refractivity contribution in [2.24, 2.45) is 0 Å². The molecule has 0 fully saturated rings. The van der Waals surface area contributed by atoms with Gasteiger partial charge in [0.15, 0.2) is 0 Å². The topological polar surface area (TPSA) is 63.4 Å². The first-order chi connectivity index (χ1) is 7.19. The van der Waals surface area contributed by atoms with E-state index in [9.17, 15) is 10.1 Å². The Balaban J connectivity index is 3.10. The third-order valence-corrected chi connectivity index (χ3v) is 2.25. The second kappa shape index (κ2) is 5.63. The monoisotopic (exact) mass is 271 g/mol. The first-order valence-corrected chi connectivity index (χ1v) is 5.42. The van der Waals surface area contributed by atoms with E-state index in [2.05, 4.69) is 15.9 Å². The SMILES string of the molecule is O=[N+]([O-])c1cc(C=CCBr)ccc1CO. The summed E-state index contributed by atoms with van der Waals surface area (Å²) in [4.78, 5) is 10.2. The van der Waals surface area contributed by atoms with Crippen molar-refractivity contribution in [3.05, 3.63) is 45.5 Å². The molecule has 0 bridgehead atoms. The average Bonchev–Trinajstić information content (AvgIpc) is 2.25. The van der Waals surface area contributed by atoms with Crippen LogP contribution in [-0.4, -0.2) is 15.4 Å². The maximum Gasteiger partial charge on any atom is 0.275 e. The summed E-state index contributed by atoms with van der Waals surface area (Å²) in [6.45, 7) is -0.321. The molecule has 0 aliphatic rings. The fourth-order valence-corrected chi connectivity index (χ4v) is 1.36. The fraction of sp³-hybridized carbons (Fsp3) is 0.200. The standard InChI is InChI=1S/C10H10BrNO3/c11-5-1-2-8-3-4-9(7-13)10(6-8)12(14)15/h1-4,6,13H,5,7H2. The van der Waals surface area contributed by atoms with E-state index in [0.29, 0.717) is 10.9 Å². The van der Waals surface area contributed by atoms with E-state index in [1.54, 1.807) is 18.2 Å². The molecule has 1 aromatic carbocycles. The van der Waals surface area contributed by atoms with Gasteiger partial charge in [0.25, 0.3) is 5.69 Å². The van der Waals surface area contributed by atoms with Gasteiger partial charge in [-0.2, -0.15) is 0 Å². The molecule has 1 N–H and O–H groups in total. The summed E-state index contributed by atoms with van der Waals surface area (Å²) in [5, 5.41) is 20.3. The van der Waals surface area contributed by atoms with Crippen molar-refractivity contribution >= 4 is 27.7 Å². The Morgan fingerprint density at radius 2 is 2.27 bits per heavy atom. The zero-order chi connectivity index (χ0) is 11.3. The summed E-state index contributed by atoms with van der Waals surface area (Å²) in [6.07, 6.45) is 3.63. The molecule has 0 atom stereocenters. The summed E-state index contributed by atoms with van der Waals surface area (Å²) >= 11 is 3.22. The predicted molar refractivity (Wildman–Crippen MR) is 61.8 cm³/mol. The first kappa shape index (κ1) is 11.9. The maximum absolute atomic E-state index is 10.7. The third-order valence-electron chi connectivity index (χ3n) is 1.88. The molecule has 0 heterocycles. The van der Waals surface area contributed by atoms with Gasteiger partial charge in [0, 0.05) is 11.4 Å². The van der Waals surface area contributed by atoms with Crippen LogP contribution in [0.5, 0.6) is 0 Å². The van der Waals surface area contributed by atoms with Gasteiger partial charge in [0.2, 0.25) is 0 Å². The van der Waals surface area contributed by atoms with E-state index in [4.69, 9.17) is 5.11 Å². The van der Waals surface area contributed by atoms with Gasteiger partial charge in [-0.15, -0.1) is 0 Å². The highest BCUT2D eigenvalue weighted by Crippen LogP contribution is 2.21. The highest BCUT2D eigenvalue weighted by Gasteiger charge is 2.12. The van der Waals surface area contributed by atoms with Gasteiger partial charge >= 0.3 is 0 Å². The third kappa shape index (κ3) is 3.14. The molecule has 0 amide bonds. The zero-order valence-corrected chi connectivity index (χ0v) is 9.48. The summed E-state index contributed by atoms with van der Waals surface area (Å²) < 4.78 is 0. The van der Waals surface area contributed by atoms with Crippen molar-refractivity contribution in [2.45, 2.75) is 6.61 Å². The zero-order valence-electron chi connectivity index (χ0n) is 7.89. The highest BCUT2D eigenvalue weighted by atomic mass is 79.9. The number of aliphatic hydroxyl groups is 1. The molecular weight excluding hydrogens is 262 g/mol. The van der Waals surface area contributed by atoms with Crippen LogP contribution >= 0.6 is 15.9 Å². The van der Waals surface area contributed by atoms with E-state index in [0.717, 1.165) is 5.56 Å². The molecule has 0 spiro atoms. The smallest absolute Gasteiger partial charge is 0.275 e. The lowest BCUT2D eigenvalue weighted by molar-refractivity contribution is -0.385. The molecule has 4 nitrogen and oxygen atoms in total. The molecule has 0 unspecified atom stereocenters. The van der Waals surface area contributed by atoms with Crippen LogP contribution in [0.1, 0.15) is 11.1 Å². The normalized spacial score (nSPS) is 10.8. The van der Waals surface area contributed by atoms with Crippen molar-refractivity contribution in [1.82, 2.24) is 0 Å². The van der Waals surface area contributed by atoms with E-state index in [-0.39, 0.29) is 12.3 Å². The molecule has 0 aromatic heterocycles. The Morgan fingerprint density at radius 3 is 2.80 bits per heavy atom. The van der Waals surface area contributed by atoms with E-state index in [1.807, 2.05) is 6.08 Å². The largest absolute Gasteiger partial charge is 0.391 e. The second-order valence-electron chi connectivity index (χ2n) is 2.86. The molecule has 0 aliphatic heterocycles. The highest BCUT2D eigenvalue weighted by molar-refractivity contribution is 9.09. The number of halogens is 1. The van der Waals surface area contributed by atoms with Crippen molar-refractivity contribution in [3.63, 3.8) is 0 Å². The van der Waals surface area contributed by atoms with Crippen LogP contribution in [0.4, 0.5) is 5.69 Å². The quantitative estimate of drug-likeness (QED) is 0.520. The van der Waals surface area contributed by atoms with Crippen molar-refractivity contribution in [2.75, 3.05) is 5.33 Å². The second-order valence-corrected chi connectivity index (χ2v) is 3.51. The number of hydrogen-bond donors (Lipinski definition) is 1. The molecule has 0 aliphatic carbocycles. The molecule has 0 saturated heterocycles. The molecule has 1 aromatic rings. The Labute approximate surface area is 95.5 Å². The summed E-state index contributed by atoms with van der Waals surface area (Å²) in [6, 6.07) is 4.74. The summed E-state index contributed by atoms with van der Waals surface area (Å²) in [7, 11) is 0. The Bertz CT molecular complexity index is 390. The molecule has 80 valence electrons. The number of nitro groups is 1. The summed E-state index contributed by atoms with van der Waals surface area (Å²) in [5.41, 5.74) is 1.03. The van der Waals surface area contributed by atoms with Gasteiger partial charge in [-0.05, 0) is 11.6 Å². The molecule has 15 heavy (non-hydrogen) atoms. The molecule has 1 rings (SSSR count). The van der Waals surface area contributed by atoms with Gasteiger partial charge in [-0.25, -0.2) is 0 Å². The van der Waals surface area contributed by atoms with E-state index >= 15 is 0 Å². The molecule has 5 heteroatoms. The van der Waals surface area contributed by atoms with Gasteiger partial charge < -0.3 is 5.11 Å². The first-order valence-electron chi connectivity index (χ1n) is 4.29. The number of nitro benzene ring substituents is 1. The van der Waals surface area contributed by atoms with Crippen LogP contribution in [0, 0.1) is 10.1 Å². The number of alkyl halides is 1. The van der Waals surface area contributed by atoms with Crippen LogP contribution in [0.2, 0.25) is 0 Å². The minimum Gasteiger partial charge on any atom is -0.391 e. The number of allylic oxidation sites excluding steroid dienone is 1. The number of nitrogens with zero attached hydrogens (tertiary/aromatic N) is 1. The van der Waals surface area contributed by atoms with E-state index in [1.165, 1.54) is 6.07 Å². The maximum atomic E-state index is 10.7. The number of rotatable bonds is 4. The Morgan fingerprint density at radius 1 is 1.53 bits per heavy atom. The van der Waals surface area contributed by atoms with Crippen LogP contribution in [0.15, 0.2) is 24.3 Å². The number of benzene rings is 1. The lowest BCUT2D eigenvalue weighted by Crippen LogP contribution is -1.95. The van der Waals surface area contributed by atoms with Crippen LogP contribution in [-0.2, 0) is 6.61 Å². The lowest BCUT2D eigenvalue weighted by Gasteiger charge is -2.00. The predicted octanol–water partition coefficient (Wildman–Crippen LogP) is 2.50. The van der Waals surface area contributed by atoms with Crippen molar-refractivity contribution in [3.8, 4) is 0 Å². The van der Waals surface area contributed by atoms with Crippen LogP contribution in [0.3, 0.4) is 0 Å². The summed E-state index contributed by atoms with van der Waals surface area (Å²) in [5.74, 6) is 0. The molecule has 0 saturated carbocycles. The Hall–Kier alpha value is -1.20. The number of aliphatic hydroxyl groups excluding tert-OH is 1. The minimum atomic E-state index is -0.489. The van der Waals surface area contributed by atoms with Crippen molar-refractivity contribution in [1.29, 1.82) is 0 Å².